The molecule has 0 radical (unpaired) electrons. The minimum Gasteiger partial charge on any atom is -0.344 e. The van der Waals surface area contributed by atoms with Gasteiger partial charge >= 0.3 is 0 Å². The van der Waals surface area contributed by atoms with Gasteiger partial charge in [-0.15, -0.1) is 0 Å². The molecule has 190 valence electrons. The highest BCUT2D eigenvalue weighted by atomic mass is 35.5. The molecular formula is C27H23ClF2N4O3. The number of aliphatic imine (C=N–C) groups is 1. The number of likely N-dealkylation sites (N-methyl/N-ethyl adjacent to an activating group) is 1. The van der Waals surface area contributed by atoms with Crippen molar-refractivity contribution in [2.75, 3.05) is 11.9 Å². The maximum atomic E-state index is 13.4. The Bertz CT molecular complexity index is 1380. The molecule has 0 spiro atoms. The lowest BCUT2D eigenvalue weighted by molar-refractivity contribution is -0.130. The van der Waals surface area contributed by atoms with Crippen LogP contribution in [0.2, 0.25) is 5.02 Å². The van der Waals surface area contributed by atoms with Crippen LogP contribution >= 0.6 is 11.6 Å². The fraction of sp³-hybridized carbons (Fsp3) is 0.185. The molecule has 37 heavy (non-hydrogen) atoms. The average Bonchev–Trinajstić information content (AvgIpc) is 2.94. The monoisotopic (exact) mass is 524 g/mol. The summed E-state index contributed by atoms with van der Waals surface area (Å²) in [6, 6.07) is 16.0. The van der Waals surface area contributed by atoms with Crippen LogP contribution in [0.5, 0.6) is 0 Å². The highest BCUT2D eigenvalue weighted by molar-refractivity contribution is 6.32. The number of fused-ring (bicyclic) bond motifs is 1. The number of amides is 3. The summed E-state index contributed by atoms with van der Waals surface area (Å²) in [5.41, 5.74) is 2.49. The lowest BCUT2D eigenvalue weighted by Gasteiger charge is -2.22. The number of rotatable bonds is 6. The Hall–Kier alpha value is -4.11. The standard InChI is InChI=1S/C27H23ClF2N4O3/c1-15(31-23(35)12-16-10-19(29)14-20(30)11-16)26(36)33-25-27(37)34(2)22-9-8-18(28)13-21(22)24(32-25)17-6-4-3-5-7-17/h3-11,13-15,25H,12H2,1-2H3,(H,31,35)(H,33,36)/t15-,25?/m0/s1. The van der Waals surface area contributed by atoms with Crippen LogP contribution in [0.15, 0.2) is 71.7 Å². The number of carbonyl (C=O) groups is 3. The maximum Gasteiger partial charge on any atom is 0.272 e. The van der Waals surface area contributed by atoms with Gasteiger partial charge < -0.3 is 15.5 Å². The van der Waals surface area contributed by atoms with Gasteiger partial charge in [0.15, 0.2) is 0 Å². The number of benzene rings is 3. The Morgan fingerprint density at radius 3 is 2.41 bits per heavy atom. The topological polar surface area (TPSA) is 90.9 Å². The van der Waals surface area contributed by atoms with Crippen molar-refractivity contribution in [3.63, 3.8) is 0 Å². The number of hydrogen-bond donors (Lipinski definition) is 2. The lowest BCUT2D eigenvalue weighted by Crippen LogP contribution is -2.52. The van der Waals surface area contributed by atoms with Gasteiger partial charge in [0.25, 0.3) is 5.91 Å². The van der Waals surface area contributed by atoms with Crippen molar-refractivity contribution in [3.05, 3.63) is 100 Å². The summed E-state index contributed by atoms with van der Waals surface area (Å²) in [6.07, 6.45) is -1.61. The first-order valence-electron chi connectivity index (χ1n) is 11.4. The van der Waals surface area contributed by atoms with Crippen LogP contribution < -0.4 is 15.5 Å². The van der Waals surface area contributed by atoms with E-state index in [1.165, 1.54) is 11.8 Å². The maximum absolute atomic E-state index is 13.4. The Kier molecular flexibility index (Phi) is 7.63. The summed E-state index contributed by atoms with van der Waals surface area (Å²) in [5, 5.41) is 5.53. The van der Waals surface area contributed by atoms with E-state index >= 15 is 0 Å². The molecule has 4 rings (SSSR count). The van der Waals surface area contributed by atoms with Gasteiger partial charge in [-0.05, 0) is 42.8 Å². The summed E-state index contributed by atoms with van der Waals surface area (Å²) in [5.74, 6) is -3.38. The second kappa shape index (κ2) is 10.9. The molecule has 0 fully saturated rings. The number of benzodiazepines with no additional fused rings is 1. The van der Waals surface area contributed by atoms with Crippen LogP contribution in [-0.2, 0) is 20.8 Å². The van der Waals surface area contributed by atoms with Gasteiger partial charge in [-0.2, -0.15) is 0 Å². The third kappa shape index (κ3) is 6.00. The molecule has 3 aromatic carbocycles. The zero-order valence-electron chi connectivity index (χ0n) is 20.0. The SMILES string of the molecule is C[C@H](NC(=O)Cc1cc(F)cc(F)c1)C(=O)NC1N=C(c2ccccc2)c2cc(Cl)ccc2N(C)C1=O. The van der Waals surface area contributed by atoms with Gasteiger partial charge in [0.1, 0.15) is 17.7 Å². The third-order valence-corrected chi connectivity index (χ3v) is 6.02. The number of anilines is 1. The molecule has 3 aromatic rings. The van der Waals surface area contributed by atoms with Crippen LogP contribution in [0.25, 0.3) is 0 Å². The van der Waals surface area contributed by atoms with Gasteiger partial charge in [0.2, 0.25) is 18.0 Å². The second-order valence-electron chi connectivity index (χ2n) is 8.56. The number of hydrogen-bond acceptors (Lipinski definition) is 4. The molecule has 0 aromatic heterocycles. The van der Waals surface area contributed by atoms with Gasteiger partial charge in [-0.25, -0.2) is 13.8 Å². The minimum absolute atomic E-state index is 0.122. The molecule has 7 nitrogen and oxygen atoms in total. The quantitative estimate of drug-likeness (QED) is 0.516. The van der Waals surface area contributed by atoms with E-state index in [0.717, 1.165) is 17.7 Å². The zero-order chi connectivity index (χ0) is 26.7. The van der Waals surface area contributed by atoms with Gasteiger partial charge in [-0.3, -0.25) is 14.4 Å². The van der Waals surface area contributed by atoms with Crippen molar-refractivity contribution in [2.45, 2.75) is 25.6 Å². The largest absolute Gasteiger partial charge is 0.344 e. The predicted octanol–water partition coefficient (Wildman–Crippen LogP) is 3.62. The molecule has 0 saturated carbocycles. The van der Waals surface area contributed by atoms with Crippen LogP contribution in [0.1, 0.15) is 23.6 Å². The molecule has 1 unspecified atom stereocenters. The molecule has 0 aliphatic carbocycles. The highest BCUT2D eigenvalue weighted by Crippen LogP contribution is 2.29. The second-order valence-corrected chi connectivity index (χ2v) is 8.99. The molecule has 1 aliphatic rings. The van der Waals surface area contributed by atoms with E-state index in [-0.39, 0.29) is 12.0 Å². The van der Waals surface area contributed by atoms with E-state index in [9.17, 15) is 23.2 Å². The summed E-state index contributed by atoms with van der Waals surface area (Å²) >= 11 is 6.24. The summed E-state index contributed by atoms with van der Waals surface area (Å²) in [6.45, 7) is 1.43. The van der Waals surface area contributed by atoms with Gasteiger partial charge in [0, 0.05) is 29.3 Å². The fourth-order valence-electron chi connectivity index (χ4n) is 3.98. The van der Waals surface area contributed by atoms with Crippen molar-refractivity contribution in [1.82, 2.24) is 10.6 Å². The van der Waals surface area contributed by atoms with Crippen LogP contribution in [0, 0.1) is 11.6 Å². The first-order valence-corrected chi connectivity index (χ1v) is 11.8. The molecule has 0 bridgehead atoms. The summed E-state index contributed by atoms with van der Waals surface area (Å²) in [7, 11) is 1.57. The van der Waals surface area contributed by atoms with Crippen molar-refractivity contribution in [3.8, 4) is 0 Å². The third-order valence-electron chi connectivity index (χ3n) is 5.78. The van der Waals surface area contributed by atoms with E-state index < -0.39 is 41.6 Å². The molecule has 0 saturated heterocycles. The lowest BCUT2D eigenvalue weighted by atomic mass is 10.0. The van der Waals surface area contributed by atoms with E-state index in [2.05, 4.69) is 15.6 Å². The number of halogens is 3. The fourth-order valence-corrected chi connectivity index (χ4v) is 4.15. The van der Waals surface area contributed by atoms with E-state index in [0.29, 0.717) is 28.1 Å². The summed E-state index contributed by atoms with van der Waals surface area (Å²) in [4.78, 5) is 44.6. The molecule has 1 aliphatic heterocycles. The van der Waals surface area contributed by atoms with Crippen molar-refractivity contribution in [2.24, 2.45) is 4.99 Å². The molecular weight excluding hydrogens is 502 g/mol. The number of nitrogens with zero attached hydrogens (tertiary/aromatic N) is 2. The number of carbonyl (C=O) groups excluding carboxylic acids is 3. The van der Waals surface area contributed by atoms with E-state index in [1.807, 2.05) is 30.3 Å². The number of nitrogens with one attached hydrogen (secondary N) is 2. The van der Waals surface area contributed by atoms with Crippen LogP contribution in [0.3, 0.4) is 0 Å². The Labute approximate surface area is 217 Å². The first-order chi connectivity index (χ1) is 17.6. The van der Waals surface area contributed by atoms with E-state index in [4.69, 9.17) is 11.6 Å². The van der Waals surface area contributed by atoms with E-state index in [1.54, 1.807) is 25.2 Å². The molecule has 10 heteroatoms. The van der Waals surface area contributed by atoms with Crippen LogP contribution in [-0.4, -0.2) is 42.7 Å². The Morgan fingerprint density at radius 2 is 1.73 bits per heavy atom. The van der Waals surface area contributed by atoms with Gasteiger partial charge in [0.05, 0.1) is 17.8 Å². The minimum atomic E-state index is -1.28. The highest BCUT2D eigenvalue weighted by Gasteiger charge is 2.32. The average molecular weight is 525 g/mol. The van der Waals surface area contributed by atoms with Crippen molar-refractivity contribution < 1.29 is 23.2 Å². The zero-order valence-corrected chi connectivity index (χ0v) is 20.7. The molecule has 2 N–H and O–H groups in total. The Morgan fingerprint density at radius 1 is 1.05 bits per heavy atom. The first kappa shape index (κ1) is 26.0. The van der Waals surface area contributed by atoms with Crippen molar-refractivity contribution in [1.29, 1.82) is 0 Å². The predicted molar refractivity (Wildman–Crippen MR) is 137 cm³/mol. The normalized spacial score (nSPS) is 15.8. The Balaban J connectivity index is 1.55. The van der Waals surface area contributed by atoms with Crippen LogP contribution in [0.4, 0.5) is 14.5 Å². The smallest absolute Gasteiger partial charge is 0.272 e. The van der Waals surface area contributed by atoms with Gasteiger partial charge in [-0.1, -0.05) is 41.9 Å². The summed E-state index contributed by atoms with van der Waals surface area (Å²) < 4.78 is 26.8. The molecule has 2 atom stereocenters. The molecule has 1 heterocycles. The molecule has 3 amide bonds. The van der Waals surface area contributed by atoms with Crippen molar-refractivity contribution >= 4 is 40.7 Å².